The monoisotopic (exact) mass is 442 g/mol. The summed E-state index contributed by atoms with van der Waals surface area (Å²) in [5.74, 6) is 0.357. The zero-order valence-electron chi connectivity index (χ0n) is 16.0. The highest BCUT2D eigenvalue weighted by molar-refractivity contribution is 7.89. The van der Waals surface area contributed by atoms with Gasteiger partial charge in [0, 0.05) is 30.2 Å². The Labute approximate surface area is 177 Å². The number of hydrogen-bond donors (Lipinski definition) is 1. The maximum absolute atomic E-state index is 13.1. The first-order valence-corrected chi connectivity index (χ1v) is 11.2. The van der Waals surface area contributed by atoms with E-state index < -0.39 is 10.0 Å². The molecule has 1 aromatic carbocycles. The third-order valence-electron chi connectivity index (χ3n) is 4.39. The lowest BCUT2D eigenvalue weighted by atomic mass is 10.3. The van der Waals surface area contributed by atoms with Crippen LogP contribution in [-0.2, 0) is 27.9 Å². The molecule has 0 spiro atoms. The Kier molecular flexibility index (Phi) is 5.37. The van der Waals surface area contributed by atoms with Crippen LogP contribution in [0.1, 0.15) is 16.1 Å². The third-order valence-corrected chi connectivity index (χ3v) is 7.26. The van der Waals surface area contributed by atoms with Crippen LogP contribution in [0.25, 0.3) is 0 Å². The fourth-order valence-electron chi connectivity index (χ4n) is 3.00. The molecule has 1 N–H and O–H groups in total. The molecule has 1 aliphatic heterocycles. The van der Waals surface area contributed by atoms with Crippen molar-refractivity contribution in [3.8, 4) is 11.6 Å². The summed E-state index contributed by atoms with van der Waals surface area (Å²) in [4.78, 5) is 20.7. The molecule has 2 aromatic heterocycles. The van der Waals surface area contributed by atoms with Crippen molar-refractivity contribution in [3.05, 3.63) is 71.5 Å². The average Bonchev–Trinajstić information content (AvgIpc) is 3.27. The van der Waals surface area contributed by atoms with Gasteiger partial charge >= 0.3 is 0 Å². The molecule has 0 bridgehead atoms. The second kappa shape index (κ2) is 7.98. The number of benzene rings is 1. The second-order valence-corrected chi connectivity index (χ2v) is 9.68. The fourth-order valence-corrected chi connectivity index (χ4v) is 5.60. The van der Waals surface area contributed by atoms with Gasteiger partial charge in [-0.2, -0.15) is 4.31 Å². The summed E-state index contributed by atoms with van der Waals surface area (Å²) in [6, 6.07) is 8.10. The number of amides is 1. The van der Waals surface area contributed by atoms with Crippen LogP contribution in [0.5, 0.6) is 11.6 Å². The van der Waals surface area contributed by atoms with E-state index in [4.69, 9.17) is 4.74 Å². The molecule has 0 atom stereocenters. The number of fused-ring (bicyclic) bond motifs is 1. The highest BCUT2D eigenvalue weighted by Gasteiger charge is 2.32. The molecule has 154 valence electrons. The number of sulfonamides is 1. The van der Waals surface area contributed by atoms with Gasteiger partial charge in [-0.25, -0.2) is 13.4 Å². The molecule has 1 amide bonds. The summed E-state index contributed by atoms with van der Waals surface area (Å²) in [6.07, 6.45) is 4.27. The summed E-state index contributed by atoms with van der Waals surface area (Å²) in [6.45, 7) is 5.71. The van der Waals surface area contributed by atoms with Gasteiger partial charge in [0.25, 0.3) is 0 Å². The number of ether oxygens (including phenoxy) is 1. The van der Waals surface area contributed by atoms with Crippen molar-refractivity contribution in [1.82, 2.24) is 14.3 Å². The number of rotatable bonds is 6. The minimum atomic E-state index is -3.72. The van der Waals surface area contributed by atoms with E-state index >= 15 is 0 Å². The van der Waals surface area contributed by atoms with E-state index in [2.05, 4.69) is 21.9 Å². The SMILES string of the molecule is C=CC(=O)Nc1cc2c(s1)CN(S(=O)(=O)c1cccc(Oc3cncc(C)n3)c1)C2. The minimum absolute atomic E-state index is 0.135. The van der Waals surface area contributed by atoms with Gasteiger partial charge in [0.2, 0.25) is 21.8 Å². The van der Waals surface area contributed by atoms with Crippen molar-refractivity contribution in [3.63, 3.8) is 0 Å². The molecular weight excluding hydrogens is 424 g/mol. The van der Waals surface area contributed by atoms with Crippen molar-refractivity contribution in [2.75, 3.05) is 5.32 Å². The topological polar surface area (TPSA) is 101 Å². The van der Waals surface area contributed by atoms with Crippen LogP contribution < -0.4 is 10.1 Å². The molecule has 0 saturated carbocycles. The Balaban J connectivity index is 1.51. The van der Waals surface area contributed by atoms with Crippen LogP contribution in [0.3, 0.4) is 0 Å². The highest BCUT2D eigenvalue weighted by Crippen LogP contribution is 2.37. The van der Waals surface area contributed by atoms with Crippen LogP contribution in [0.2, 0.25) is 0 Å². The van der Waals surface area contributed by atoms with E-state index in [0.29, 0.717) is 22.3 Å². The first-order chi connectivity index (χ1) is 14.3. The largest absolute Gasteiger partial charge is 0.437 e. The molecule has 0 unspecified atom stereocenters. The molecule has 8 nitrogen and oxygen atoms in total. The van der Waals surface area contributed by atoms with Crippen molar-refractivity contribution in [2.45, 2.75) is 24.9 Å². The summed E-state index contributed by atoms with van der Waals surface area (Å²) in [5, 5.41) is 3.38. The van der Waals surface area contributed by atoms with Crippen molar-refractivity contribution >= 4 is 32.3 Å². The van der Waals surface area contributed by atoms with Gasteiger partial charge in [-0.15, -0.1) is 11.3 Å². The van der Waals surface area contributed by atoms with E-state index in [1.807, 2.05) is 0 Å². The summed E-state index contributed by atoms with van der Waals surface area (Å²) >= 11 is 1.36. The molecule has 4 rings (SSSR count). The van der Waals surface area contributed by atoms with E-state index in [0.717, 1.165) is 10.4 Å². The van der Waals surface area contributed by atoms with Gasteiger partial charge in [-0.05, 0) is 36.8 Å². The Bertz CT molecular complexity index is 1210. The Morgan fingerprint density at radius 1 is 1.30 bits per heavy atom. The molecule has 10 heteroatoms. The summed E-state index contributed by atoms with van der Waals surface area (Å²) < 4.78 is 33.3. The number of hydrogen-bond acceptors (Lipinski definition) is 7. The van der Waals surface area contributed by atoms with Gasteiger partial charge < -0.3 is 10.1 Å². The number of nitrogens with one attached hydrogen (secondary N) is 1. The van der Waals surface area contributed by atoms with E-state index in [1.54, 1.807) is 31.3 Å². The lowest BCUT2D eigenvalue weighted by molar-refractivity contribution is -0.111. The molecular formula is C20H18N4O4S2. The van der Waals surface area contributed by atoms with Crippen LogP contribution in [0.15, 0.2) is 60.3 Å². The minimum Gasteiger partial charge on any atom is -0.437 e. The van der Waals surface area contributed by atoms with Crippen LogP contribution >= 0.6 is 11.3 Å². The Morgan fingerprint density at radius 2 is 2.13 bits per heavy atom. The van der Waals surface area contributed by atoms with Gasteiger partial charge in [-0.3, -0.25) is 9.78 Å². The van der Waals surface area contributed by atoms with E-state index in [9.17, 15) is 13.2 Å². The number of nitrogens with zero attached hydrogens (tertiary/aromatic N) is 3. The average molecular weight is 443 g/mol. The molecule has 0 fully saturated rings. The van der Waals surface area contributed by atoms with Gasteiger partial charge in [0.1, 0.15) is 5.75 Å². The Morgan fingerprint density at radius 3 is 2.87 bits per heavy atom. The first kappa shape index (κ1) is 20.2. The quantitative estimate of drug-likeness (QED) is 0.587. The van der Waals surface area contributed by atoms with Crippen molar-refractivity contribution in [1.29, 1.82) is 0 Å². The predicted molar refractivity (Wildman–Crippen MR) is 113 cm³/mol. The molecule has 3 heterocycles. The number of anilines is 1. The van der Waals surface area contributed by atoms with Crippen LogP contribution in [0.4, 0.5) is 5.00 Å². The van der Waals surface area contributed by atoms with E-state index in [1.165, 1.54) is 40.0 Å². The Hall–Kier alpha value is -3.08. The number of aryl methyl sites for hydroxylation is 1. The number of aromatic nitrogens is 2. The van der Waals surface area contributed by atoms with Gasteiger partial charge in [-0.1, -0.05) is 12.6 Å². The predicted octanol–water partition coefficient (Wildman–Crippen LogP) is 3.47. The van der Waals surface area contributed by atoms with E-state index in [-0.39, 0.29) is 23.9 Å². The first-order valence-electron chi connectivity index (χ1n) is 8.97. The molecule has 0 saturated heterocycles. The zero-order chi connectivity index (χ0) is 21.3. The summed E-state index contributed by atoms with van der Waals surface area (Å²) in [5.41, 5.74) is 1.58. The summed E-state index contributed by atoms with van der Waals surface area (Å²) in [7, 11) is -3.72. The standard InChI is InChI=1S/C20H18N4O4S2/c1-3-18(25)23-20-7-14-11-24(12-17(14)29-20)30(26,27)16-6-4-5-15(8-16)28-19-10-21-9-13(2)22-19/h3-10H,1,11-12H2,2H3,(H,23,25). The molecule has 0 radical (unpaired) electrons. The molecule has 30 heavy (non-hydrogen) atoms. The molecule has 0 aliphatic carbocycles. The van der Waals surface area contributed by atoms with Crippen molar-refractivity contribution in [2.24, 2.45) is 0 Å². The lowest BCUT2D eigenvalue weighted by Gasteiger charge is -2.16. The smallest absolute Gasteiger partial charge is 0.248 e. The molecule has 3 aromatic rings. The number of carbonyl (C=O) groups excluding carboxylic acids is 1. The normalized spacial score (nSPS) is 13.6. The number of thiophene rings is 1. The lowest BCUT2D eigenvalue weighted by Crippen LogP contribution is -2.25. The maximum Gasteiger partial charge on any atom is 0.248 e. The maximum atomic E-state index is 13.1. The van der Waals surface area contributed by atoms with Crippen LogP contribution in [0, 0.1) is 6.92 Å². The highest BCUT2D eigenvalue weighted by atomic mass is 32.2. The van der Waals surface area contributed by atoms with Crippen LogP contribution in [-0.4, -0.2) is 28.6 Å². The molecule has 1 aliphatic rings. The third kappa shape index (κ3) is 4.11. The number of carbonyl (C=O) groups is 1. The zero-order valence-corrected chi connectivity index (χ0v) is 17.7. The second-order valence-electron chi connectivity index (χ2n) is 6.60. The van der Waals surface area contributed by atoms with Crippen molar-refractivity contribution < 1.29 is 17.9 Å². The fraction of sp³-hybridized carbons (Fsp3) is 0.150. The van der Waals surface area contributed by atoms with Gasteiger partial charge in [0.05, 0.1) is 21.8 Å². The van der Waals surface area contributed by atoms with Gasteiger partial charge in [0.15, 0.2) is 0 Å².